The zero-order chi connectivity index (χ0) is 13.7. The van der Waals surface area contributed by atoms with Crippen molar-refractivity contribution in [2.75, 3.05) is 12.3 Å². The second-order valence-corrected chi connectivity index (χ2v) is 4.83. The third-order valence-corrected chi connectivity index (χ3v) is 2.93. The van der Waals surface area contributed by atoms with Gasteiger partial charge in [0, 0.05) is 5.69 Å². The Morgan fingerprint density at radius 3 is 2.61 bits per heavy atom. The Kier molecular flexibility index (Phi) is 5.16. The second kappa shape index (κ2) is 6.40. The molecule has 0 aliphatic heterocycles. The molecule has 0 fully saturated rings. The van der Waals surface area contributed by atoms with E-state index in [1.165, 1.54) is 0 Å². The molecule has 0 aromatic heterocycles. The summed E-state index contributed by atoms with van der Waals surface area (Å²) in [6, 6.07) is 7.16. The Morgan fingerprint density at radius 2 is 2.06 bits per heavy atom. The maximum Gasteiger partial charge on any atom is 0.313 e. The van der Waals surface area contributed by atoms with Crippen LogP contribution in [0, 0.1) is 5.92 Å². The number of anilines is 1. The molecular formula is C14H21NO3. The molecule has 0 heterocycles. The van der Waals surface area contributed by atoms with Gasteiger partial charge in [0.2, 0.25) is 0 Å². The lowest BCUT2D eigenvalue weighted by Crippen LogP contribution is -2.25. The van der Waals surface area contributed by atoms with E-state index in [4.69, 9.17) is 10.5 Å². The zero-order valence-electron chi connectivity index (χ0n) is 11.1. The number of aliphatic hydroxyl groups is 1. The molecule has 0 aliphatic carbocycles. The molecule has 2 unspecified atom stereocenters. The highest BCUT2D eigenvalue weighted by Crippen LogP contribution is 2.19. The van der Waals surface area contributed by atoms with Gasteiger partial charge < -0.3 is 15.6 Å². The largest absolute Gasteiger partial charge is 0.462 e. The number of ether oxygens (including phenoxy) is 1. The summed E-state index contributed by atoms with van der Waals surface area (Å²) in [7, 11) is 0. The third kappa shape index (κ3) is 4.04. The lowest BCUT2D eigenvalue weighted by atomic mass is 10.0. The van der Waals surface area contributed by atoms with Crippen molar-refractivity contribution in [3.05, 3.63) is 29.8 Å². The summed E-state index contributed by atoms with van der Waals surface area (Å²) in [4.78, 5) is 11.8. The molecule has 0 bridgehead atoms. The van der Waals surface area contributed by atoms with Gasteiger partial charge in [-0.25, -0.2) is 0 Å². The van der Waals surface area contributed by atoms with Gasteiger partial charge >= 0.3 is 5.97 Å². The van der Waals surface area contributed by atoms with E-state index >= 15 is 0 Å². The van der Waals surface area contributed by atoms with E-state index in [0.29, 0.717) is 5.69 Å². The number of nitrogens with two attached hydrogens (primary N) is 1. The minimum absolute atomic E-state index is 0.0309. The molecule has 3 N–H and O–H groups in total. The molecule has 4 heteroatoms. The van der Waals surface area contributed by atoms with Gasteiger partial charge in [-0.05, 0) is 30.5 Å². The van der Waals surface area contributed by atoms with Crippen LogP contribution < -0.4 is 5.73 Å². The van der Waals surface area contributed by atoms with Crippen LogP contribution in [0.3, 0.4) is 0 Å². The van der Waals surface area contributed by atoms with Crippen molar-refractivity contribution in [1.29, 1.82) is 0 Å². The second-order valence-electron chi connectivity index (χ2n) is 4.83. The van der Waals surface area contributed by atoms with E-state index in [1.807, 2.05) is 19.9 Å². The van der Waals surface area contributed by atoms with Crippen molar-refractivity contribution in [3.63, 3.8) is 0 Å². The minimum atomic E-state index is -0.623. The first-order valence-corrected chi connectivity index (χ1v) is 6.12. The van der Waals surface area contributed by atoms with E-state index in [2.05, 4.69) is 0 Å². The maximum atomic E-state index is 11.8. The Labute approximate surface area is 108 Å². The zero-order valence-corrected chi connectivity index (χ0v) is 11.1. The number of hydrogen-bond donors (Lipinski definition) is 2. The van der Waals surface area contributed by atoms with Gasteiger partial charge in [-0.2, -0.15) is 0 Å². The molecule has 1 rings (SSSR count). The average Bonchev–Trinajstić information content (AvgIpc) is 2.34. The van der Waals surface area contributed by atoms with Gasteiger partial charge in [0.25, 0.3) is 0 Å². The van der Waals surface area contributed by atoms with Crippen molar-refractivity contribution in [1.82, 2.24) is 0 Å². The molecule has 4 nitrogen and oxygen atoms in total. The highest BCUT2D eigenvalue weighted by molar-refractivity contribution is 5.78. The van der Waals surface area contributed by atoms with Gasteiger partial charge in [0.1, 0.15) is 6.61 Å². The molecule has 1 aromatic carbocycles. The van der Waals surface area contributed by atoms with Gasteiger partial charge in [-0.3, -0.25) is 4.79 Å². The van der Waals surface area contributed by atoms with E-state index in [0.717, 1.165) is 5.56 Å². The van der Waals surface area contributed by atoms with Crippen LogP contribution in [-0.2, 0) is 9.53 Å². The van der Waals surface area contributed by atoms with Crippen LogP contribution in [0.2, 0.25) is 0 Å². The molecule has 0 saturated heterocycles. The number of nitrogen functional groups attached to an aromatic ring is 1. The highest BCUT2D eigenvalue weighted by Gasteiger charge is 2.19. The molecular weight excluding hydrogens is 230 g/mol. The van der Waals surface area contributed by atoms with Crippen LogP contribution in [0.1, 0.15) is 32.3 Å². The topological polar surface area (TPSA) is 72.5 Å². The number of carbonyl (C=O) groups excluding carboxylic acids is 1. The fraction of sp³-hybridized carbons (Fsp3) is 0.500. The van der Waals surface area contributed by atoms with Crippen LogP contribution in [0.4, 0.5) is 5.69 Å². The molecule has 0 radical (unpaired) electrons. The van der Waals surface area contributed by atoms with Crippen LogP contribution in [0.5, 0.6) is 0 Å². The summed E-state index contributed by atoms with van der Waals surface area (Å²) in [5, 5.41) is 9.57. The molecule has 1 aromatic rings. The van der Waals surface area contributed by atoms with Gasteiger partial charge in [-0.1, -0.05) is 26.0 Å². The molecule has 0 amide bonds. The molecule has 2 atom stereocenters. The van der Waals surface area contributed by atoms with Gasteiger partial charge in [0.15, 0.2) is 0 Å². The van der Waals surface area contributed by atoms with Crippen molar-refractivity contribution in [2.24, 2.45) is 5.92 Å². The Bertz CT molecular complexity index is 404. The first-order chi connectivity index (χ1) is 8.41. The number of carbonyl (C=O) groups is 1. The lowest BCUT2D eigenvalue weighted by molar-refractivity contribution is -0.148. The summed E-state index contributed by atoms with van der Waals surface area (Å²) in [5.41, 5.74) is 7.10. The lowest BCUT2D eigenvalue weighted by Gasteiger charge is -2.17. The van der Waals surface area contributed by atoms with Crippen molar-refractivity contribution in [2.45, 2.75) is 32.8 Å². The molecule has 18 heavy (non-hydrogen) atoms. The van der Waals surface area contributed by atoms with Crippen LogP contribution in [0.25, 0.3) is 0 Å². The standard InChI is InChI=1S/C14H21NO3/c1-9(2)13(16)8-18-14(17)10(3)11-5-4-6-12(15)7-11/h4-7,9-10,13,16H,8,15H2,1-3H3. The average molecular weight is 251 g/mol. The minimum Gasteiger partial charge on any atom is -0.462 e. The van der Waals surface area contributed by atoms with E-state index in [9.17, 15) is 9.90 Å². The SMILES string of the molecule is CC(C(=O)OCC(O)C(C)C)c1cccc(N)c1. The predicted octanol–water partition coefficient (Wildman–Crippen LogP) is 1.93. The first-order valence-electron chi connectivity index (χ1n) is 6.12. The number of esters is 1. The summed E-state index contributed by atoms with van der Waals surface area (Å²) >= 11 is 0. The molecule has 0 spiro atoms. The summed E-state index contributed by atoms with van der Waals surface area (Å²) in [6.45, 7) is 5.54. The Balaban J connectivity index is 2.57. The van der Waals surface area contributed by atoms with Crippen LogP contribution >= 0.6 is 0 Å². The summed E-state index contributed by atoms with van der Waals surface area (Å²) in [6.07, 6.45) is -0.623. The highest BCUT2D eigenvalue weighted by atomic mass is 16.5. The third-order valence-electron chi connectivity index (χ3n) is 2.93. The first kappa shape index (κ1) is 14.5. The Hall–Kier alpha value is -1.55. The van der Waals surface area contributed by atoms with E-state index < -0.39 is 6.10 Å². The van der Waals surface area contributed by atoms with Crippen LogP contribution in [0.15, 0.2) is 24.3 Å². The molecule has 0 saturated carbocycles. The molecule has 0 aliphatic rings. The number of rotatable bonds is 5. The predicted molar refractivity (Wildman–Crippen MR) is 71.1 cm³/mol. The van der Waals surface area contributed by atoms with Crippen molar-refractivity contribution < 1.29 is 14.6 Å². The van der Waals surface area contributed by atoms with E-state index in [1.54, 1.807) is 25.1 Å². The monoisotopic (exact) mass is 251 g/mol. The maximum absolute atomic E-state index is 11.8. The number of hydrogen-bond acceptors (Lipinski definition) is 4. The van der Waals surface area contributed by atoms with Gasteiger partial charge in [-0.15, -0.1) is 0 Å². The van der Waals surface area contributed by atoms with Crippen LogP contribution in [-0.4, -0.2) is 23.8 Å². The summed E-state index contributed by atoms with van der Waals surface area (Å²) in [5.74, 6) is -0.659. The fourth-order valence-electron chi connectivity index (χ4n) is 1.45. The Morgan fingerprint density at radius 1 is 1.39 bits per heavy atom. The quantitative estimate of drug-likeness (QED) is 0.619. The van der Waals surface area contributed by atoms with Gasteiger partial charge in [0.05, 0.1) is 12.0 Å². The van der Waals surface area contributed by atoms with E-state index in [-0.39, 0.29) is 24.4 Å². The van der Waals surface area contributed by atoms with Crippen molar-refractivity contribution in [3.8, 4) is 0 Å². The number of benzene rings is 1. The molecule has 100 valence electrons. The fourth-order valence-corrected chi connectivity index (χ4v) is 1.45. The smallest absolute Gasteiger partial charge is 0.313 e. The number of aliphatic hydroxyl groups excluding tert-OH is 1. The normalized spacial score (nSPS) is 14.3. The van der Waals surface area contributed by atoms with Crippen molar-refractivity contribution >= 4 is 11.7 Å². The summed E-state index contributed by atoms with van der Waals surface area (Å²) < 4.78 is 5.09.